The maximum atomic E-state index is 12.2. The molecule has 0 aliphatic carbocycles. The fraction of sp³-hybridized carbons (Fsp3) is 0.667. The average molecular weight is 264 g/mol. The summed E-state index contributed by atoms with van der Waals surface area (Å²) in [6, 6.07) is 1.94. The van der Waals surface area contributed by atoms with Crippen LogP contribution in [0.25, 0.3) is 0 Å². The number of carbonyl (C=O) groups excluding carboxylic acids is 1. The predicted octanol–water partition coefficient (Wildman–Crippen LogP) is 2.17. The number of aryl methyl sites for hydroxylation is 2. The lowest BCUT2D eigenvalue weighted by atomic mass is 9.99. The zero-order valence-corrected chi connectivity index (χ0v) is 12.2. The maximum Gasteiger partial charge on any atom is 0.178 e. The molecule has 1 N–H and O–H groups in total. The number of hydrogen-bond donors (Lipinski definition) is 1. The topological polar surface area (TPSA) is 45.3 Å². The monoisotopic (exact) mass is 264 g/mol. The van der Waals surface area contributed by atoms with E-state index in [0.717, 1.165) is 49.6 Å². The highest BCUT2D eigenvalue weighted by Crippen LogP contribution is 2.16. The van der Waals surface area contributed by atoms with Crippen molar-refractivity contribution in [3.8, 4) is 0 Å². The molecule has 0 atom stereocenters. The molecule has 0 amide bonds. The molecule has 0 radical (unpaired) electrons. The Balaban J connectivity index is 1.86. The van der Waals surface area contributed by atoms with Crippen LogP contribution in [0.2, 0.25) is 0 Å². The van der Waals surface area contributed by atoms with Gasteiger partial charge in [0.2, 0.25) is 0 Å². The molecule has 4 heteroatoms. The van der Waals surface area contributed by atoms with Gasteiger partial charge in [0, 0.05) is 36.7 Å². The van der Waals surface area contributed by atoms with Gasteiger partial charge in [-0.1, -0.05) is 0 Å². The van der Waals surface area contributed by atoms with Gasteiger partial charge in [0.1, 0.15) is 0 Å². The second kappa shape index (κ2) is 6.35. The smallest absolute Gasteiger partial charge is 0.178 e. The Morgan fingerprint density at radius 3 is 2.68 bits per heavy atom. The Kier molecular flexibility index (Phi) is 4.77. The van der Waals surface area contributed by atoms with Crippen LogP contribution in [0.5, 0.6) is 0 Å². The van der Waals surface area contributed by atoms with Gasteiger partial charge < -0.3 is 9.72 Å². The number of hydrogen-bond acceptors (Lipinski definition) is 3. The molecule has 0 unspecified atom stereocenters. The van der Waals surface area contributed by atoms with E-state index in [9.17, 15) is 4.79 Å². The summed E-state index contributed by atoms with van der Waals surface area (Å²) in [6.45, 7) is 7.15. The van der Waals surface area contributed by atoms with Gasteiger partial charge in [0.15, 0.2) is 5.78 Å². The molecule has 0 bridgehead atoms. The van der Waals surface area contributed by atoms with E-state index in [2.05, 4.69) is 9.88 Å². The molecule has 1 saturated heterocycles. The number of nitrogens with zero attached hydrogens (tertiary/aromatic N) is 1. The lowest BCUT2D eigenvalue weighted by Gasteiger charge is -2.26. The fourth-order valence-corrected chi connectivity index (χ4v) is 2.78. The van der Waals surface area contributed by atoms with Crippen molar-refractivity contribution >= 4 is 5.78 Å². The molecule has 4 nitrogen and oxygen atoms in total. The largest absolute Gasteiger partial charge is 0.381 e. The highest BCUT2D eigenvalue weighted by molar-refractivity contribution is 5.98. The third-order valence-electron chi connectivity index (χ3n) is 3.77. The van der Waals surface area contributed by atoms with E-state index < -0.39 is 0 Å². The van der Waals surface area contributed by atoms with Crippen molar-refractivity contribution in [2.75, 3.05) is 33.4 Å². The van der Waals surface area contributed by atoms with Crippen LogP contribution in [0.15, 0.2) is 6.07 Å². The minimum atomic E-state index is 0.205. The molecular formula is C15H24N2O2. The van der Waals surface area contributed by atoms with E-state index in [-0.39, 0.29) is 5.78 Å². The number of likely N-dealkylation sites (N-methyl/N-ethyl adjacent to an activating group) is 1. The first-order valence-corrected chi connectivity index (χ1v) is 7.02. The average Bonchev–Trinajstić information content (AvgIpc) is 2.69. The van der Waals surface area contributed by atoms with Crippen molar-refractivity contribution in [1.29, 1.82) is 0 Å². The molecule has 0 spiro atoms. The zero-order chi connectivity index (χ0) is 13.8. The van der Waals surface area contributed by atoms with E-state index >= 15 is 0 Å². The van der Waals surface area contributed by atoms with E-state index in [1.54, 1.807) is 0 Å². The molecular weight excluding hydrogens is 240 g/mol. The summed E-state index contributed by atoms with van der Waals surface area (Å²) >= 11 is 0. The van der Waals surface area contributed by atoms with Crippen LogP contribution in [-0.4, -0.2) is 49.0 Å². The first kappa shape index (κ1) is 14.3. The summed E-state index contributed by atoms with van der Waals surface area (Å²) in [5, 5.41) is 0. The SMILES string of the molecule is Cc1cc(C(=O)CN(C)CC2CCOCC2)c(C)[nH]1. The summed E-state index contributed by atoms with van der Waals surface area (Å²) in [4.78, 5) is 17.6. The number of carbonyl (C=O) groups is 1. The molecule has 0 aromatic carbocycles. The molecule has 1 aromatic heterocycles. The lowest BCUT2D eigenvalue weighted by Crippen LogP contribution is -2.33. The van der Waals surface area contributed by atoms with Crippen molar-refractivity contribution in [3.63, 3.8) is 0 Å². The van der Waals surface area contributed by atoms with Gasteiger partial charge in [-0.05, 0) is 45.7 Å². The van der Waals surface area contributed by atoms with Crippen LogP contribution in [0, 0.1) is 19.8 Å². The van der Waals surface area contributed by atoms with Gasteiger partial charge in [-0.3, -0.25) is 9.69 Å². The van der Waals surface area contributed by atoms with E-state index in [1.165, 1.54) is 0 Å². The third-order valence-corrected chi connectivity index (χ3v) is 3.77. The summed E-state index contributed by atoms with van der Waals surface area (Å²) in [5.41, 5.74) is 2.85. The van der Waals surface area contributed by atoms with E-state index in [1.807, 2.05) is 27.0 Å². The standard InChI is InChI=1S/C15H24N2O2/c1-11-8-14(12(2)16-11)15(18)10-17(3)9-13-4-6-19-7-5-13/h8,13,16H,4-7,9-10H2,1-3H3. The molecule has 1 aliphatic heterocycles. The molecule has 19 heavy (non-hydrogen) atoms. The van der Waals surface area contributed by atoms with Crippen LogP contribution in [0.4, 0.5) is 0 Å². The second-order valence-electron chi connectivity index (χ2n) is 5.67. The molecule has 1 aliphatic rings. The van der Waals surface area contributed by atoms with Crippen LogP contribution in [0.1, 0.15) is 34.6 Å². The van der Waals surface area contributed by atoms with Gasteiger partial charge in [0.25, 0.3) is 0 Å². The lowest BCUT2D eigenvalue weighted by molar-refractivity contribution is 0.0549. The minimum Gasteiger partial charge on any atom is -0.381 e. The molecule has 2 heterocycles. The second-order valence-corrected chi connectivity index (χ2v) is 5.67. The highest BCUT2D eigenvalue weighted by Gasteiger charge is 2.18. The van der Waals surface area contributed by atoms with E-state index in [0.29, 0.717) is 12.5 Å². The summed E-state index contributed by atoms with van der Waals surface area (Å²) in [5.74, 6) is 0.872. The highest BCUT2D eigenvalue weighted by atomic mass is 16.5. The third kappa shape index (κ3) is 3.91. The van der Waals surface area contributed by atoms with Gasteiger partial charge in [-0.15, -0.1) is 0 Å². The maximum absolute atomic E-state index is 12.2. The fourth-order valence-electron chi connectivity index (χ4n) is 2.78. The summed E-state index contributed by atoms with van der Waals surface area (Å²) in [6.07, 6.45) is 2.22. The van der Waals surface area contributed by atoms with Crippen LogP contribution in [0.3, 0.4) is 0 Å². The van der Waals surface area contributed by atoms with Crippen molar-refractivity contribution in [2.45, 2.75) is 26.7 Å². The molecule has 106 valence electrons. The van der Waals surface area contributed by atoms with Crippen LogP contribution >= 0.6 is 0 Å². The van der Waals surface area contributed by atoms with Crippen LogP contribution in [-0.2, 0) is 4.74 Å². The predicted molar refractivity (Wildman–Crippen MR) is 75.6 cm³/mol. The van der Waals surface area contributed by atoms with Gasteiger partial charge in [-0.2, -0.15) is 0 Å². The Labute approximate surface area is 115 Å². The normalized spacial score (nSPS) is 17.1. The number of ketones is 1. The number of H-pyrrole nitrogens is 1. The Morgan fingerprint density at radius 1 is 1.42 bits per heavy atom. The quantitative estimate of drug-likeness (QED) is 0.829. The van der Waals surface area contributed by atoms with Crippen molar-refractivity contribution in [3.05, 3.63) is 23.0 Å². The summed E-state index contributed by atoms with van der Waals surface area (Å²) in [7, 11) is 2.03. The van der Waals surface area contributed by atoms with Crippen molar-refractivity contribution in [2.24, 2.45) is 5.92 Å². The number of nitrogens with one attached hydrogen (secondary N) is 1. The zero-order valence-electron chi connectivity index (χ0n) is 12.2. The molecule has 1 fully saturated rings. The Morgan fingerprint density at radius 2 is 2.11 bits per heavy atom. The molecule has 2 rings (SSSR count). The number of Topliss-reactive ketones (excluding diaryl/α,β-unsaturated/α-hetero) is 1. The molecule has 0 saturated carbocycles. The number of ether oxygens (including phenoxy) is 1. The first-order chi connectivity index (χ1) is 9.06. The van der Waals surface area contributed by atoms with Gasteiger partial charge in [0.05, 0.1) is 6.54 Å². The van der Waals surface area contributed by atoms with E-state index in [4.69, 9.17) is 4.74 Å². The Bertz CT molecular complexity index is 433. The number of aromatic amines is 1. The number of rotatable bonds is 5. The molecule has 1 aromatic rings. The van der Waals surface area contributed by atoms with Gasteiger partial charge in [-0.25, -0.2) is 0 Å². The minimum absolute atomic E-state index is 0.205. The van der Waals surface area contributed by atoms with Crippen molar-refractivity contribution < 1.29 is 9.53 Å². The van der Waals surface area contributed by atoms with Crippen LogP contribution < -0.4 is 0 Å². The van der Waals surface area contributed by atoms with Crippen molar-refractivity contribution in [1.82, 2.24) is 9.88 Å². The number of aromatic nitrogens is 1. The van der Waals surface area contributed by atoms with Gasteiger partial charge >= 0.3 is 0 Å². The first-order valence-electron chi connectivity index (χ1n) is 7.02. The summed E-state index contributed by atoms with van der Waals surface area (Å²) < 4.78 is 5.36. The Hall–Kier alpha value is -1.13.